The lowest BCUT2D eigenvalue weighted by molar-refractivity contribution is -0.117. The predicted molar refractivity (Wildman–Crippen MR) is 139 cm³/mol. The lowest BCUT2D eigenvalue weighted by Crippen LogP contribution is -2.32. The molecule has 0 bridgehead atoms. The largest absolute Gasteiger partial charge is 0.496 e. The Morgan fingerprint density at radius 1 is 0.971 bits per heavy atom. The number of ether oxygens (including phenoxy) is 1. The number of hydrazone groups is 1. The van der Waals surface area contributed by atoms with E-state index < -0.39 is 11.8 Å². The molecule has 8 heteroatoms. The number of carbonyl (C=O) groups excluding carboxylic acids is 2. The van der Waals surface area contributed by atoms with Crippen LogP contribution in [0.4, 0.5) is 5.69 Å². The Morgan fingerprint density at radius 2 is 1.65 bits per heavy atom. The van der Waals surface area contributed by atoms with Gasteiger partial charge in [0, 0.05) is 25.3 Å². The number of halogens is 1. The summed E-state index contributed by atoms with van der Waals surface area (Å²) in [6.45, 7) is 0. The van der Waals surface area contributed by atoms with Crippen molar-refractivity contribution in [1.29, 1.82) is 0 Å². The quantitative estimate of drug-likeness (QED) is 0.261. The maximum absolute atomic E-state index is 12.9. The van der Waals surface area contributed by atoms with E-state index in [1.807, 2.05) is 55.4 Å². The van der Waals surface area contributed by atoms with Crippen molar-refractivity contribution in [3.63, 3.8) is 0 Å². The highest BCUT2D eigenvalue weighted by Crippen LogP contribution is 2.24. The summed E-state index contributed by atoms with van der Waals surface area (Å²) in [6.07, 6.45) is 3.11. The molecule has 0 radical (unpaired) electrons. The molecule has 174 valence electrons. The van der Waals surface area contributed by atoms with E-state index >= 15 is 0 Å². The molecule has 3 rings (SSSR count). The minimum atomic E-state index is -0.551. The molecule has 0 fully saturated rings. The monoisotopic (exact) mass is 520 g/mol. The lowest BCUT2D eigenvalue weighted by Gasteiger charge is -2.12. The van der Waals surface area contributed by atoms with Gasteiger partial charge < -0.3 is 15.0 Å². The van der Waals surface area contributed by atoms with Gasteiger partial charge in [0.15, 0.2) is 0 Å². The van der Waals surface area contributed by atoms with Crippen LogP contribution in [0.25, 0.3) is 6.08 Å². The summed E-state index contributed by atoms with van der Waals surface area (Å²) in [5.74, 6) is -0.255. The van der Waals surface area contributed by atoms with Crippen LogP contribution in [0.2, 0.25) is 0 Å². The molecule has 0 unspecified atom stereocenters. The minimum absolute atomic E-state index is 0.0690. The van der Waals surface area contributed by atoms with Gasteiger partial charge in [-0.3, -0.25) is 9.59 Å². The van der Waals surface area contributed by atoms with Crippen LogP contribution in [0.1, 0.15) is 21.5 Å². The van der Waals surface area contributed by atoms with E-state index in [0.29, 0.717) is 11.3 Å². The fourth-order valence-corrected chi connectivity index (χ4v) is 3.52. The van der Waals surface area contributed by atoms with Gasteiger partial charge in [-0.25, -0.2) is 5.43 Å². The molecule has 3 aromatic rings. The van der Waals surface area contributed by atoms with E-state index in [4.69, 9.17) is 4.74 Å². The van der Waals surface area contributed by atoms with Gasteiger partial charge in [-0.1, -0.05) is 30.3 Å². The Balaban J connectivity index is 1.80. The van der Waals surface area contributed by atoms with E-state index in [2.05, 4.69) is 31.8 Å². The van der Waals surface area contributed by atoms with Gasteiger partial charge in [0.1, 0.15) is 11.4 Å². The van der Waals surface area contributed by atoms with E-state index in [1.165, 1.54) is 6.21 Å². The van der Waals surface area contributed by atoms with Crippen LogP contribution in [-0.2, 0) is 4.79 Å². The predicted octanol–water partition coefficient (Wildman–Crippen LogP) is 4.44. The van der Waals surface area contributed by atoms with Crippen LogP contribution in [-0.4, -0.2) is 39.2 Å². The van der Waals surface area contributed by atoms with Crippen molar-refractivity contribution in [2.45, 2.75) is 0 Å². The molecule has 0 aliphatic rings. The second-order valence-corrected chi connectivity index (χ2v) is 8.31. The molecule has 2 N–H and O–H groups in total. The summed E-state index contributed by atoms with van der Waals surface area (Å²) in [5.41, 5.74) is 5.52. The number of carbonyl (C=O) groups is 2. The number of hydrogen-bond donors (Lipinski definition) is 2. The highest BCUT2D eigenvalue weighted by molar-refractivity contribution is 9.10. The Hall–Kier alpha value is -3.91. The maximum atomic E-state index is 12.9. The number of methoxy groups -OCH3 is 1. The summed E-state index contributed by atoms with van der Waals surface area (Å²) < 4.78 is 5.98. The van der Waals surface area contributed by atoms with Gasteiger partial charge in [0.2, 0.25) is 0 Å². The van der Waals surface area contributed by atoms with Crippen LogP contribution in [0.5, 0.6) is 5.75 Å². The topological polar surface area (TPSA) is 83.0 Å². The Labute approximate surface area is 207 Å². The first-order valence-corrected chi connectivity index (χ1v) is 11.2. The zero-order valence-electron chi connectivity index (χ0n) is 19.1. The Kier molecular flexibility index (Phi) is 8.59. The number of benzene rings is 3. The molecule has 0 spiro atoms. The average Bonchev–Trinajstić information content (AvgIpc) is 2.84. The van der Waals surface area contributed by atoms with Gasteiger partial charge in [-0.15, -0.1) is 0 Å². The standard InChI is InChI=1S/C26H25BrN4O3/c1-31(2)21-12-9-18(10-13-21)16-23(29-25(32)20-7-5-4-6-8-20)26(33)30-28-17-19-11-14-24(34-3)22(27)15-19/h4-17H,1-3H3,(H,29,32)(H,30,33). The van der Waals surface area contributed by atoms with E-state index in [1.54, 1.807) is 49.6 Å². The Bertz CT molecular complexity index is 1210. The second-order valence-electron chi connectivity index (χ2n) is 7.46. The van der Waals surface area contributed by atoms with Crippen molar-refractivity contribution >= 4 is 45.7 Å². The van der Waals surface area contributed by atoms with Crippen molar-refractivity contribution in [3.8, 4) is 5.75 Å². The molecule has 0 saturated carbocycles. The van der Waals surface area contributed by atoms with Crippen molar-refractivity contribution in [2.24, 2.45) is 5.10 Å². The number of amides is 2. The van der Waals surface area contributed by atoms with Crippen molar-refractivity contribution in [2.75, 3.05) is 26.1 Å². The molecule has 34 heavy (non-hydrogen) atoms. The van der Waals surface area contributed by atoms with Gasteiger partial charge in [-0.2, -0.15) is 5.10 Å². The van der Waals surface area contributed by atoms with E-state index in [9.17, 15) is 9.59 Å². The fourth-order valence-electron chi connectivity index (χ4n) is 2.97. The zero-order chi connectivity index (χ0) is 24.5. The SMILES string of the molecule is COc1ccc(C=NNC(=O)C(=Cc2ccc(N(C)C)cc2)NC(=O)c2ccccc2)cc1Br. The third-order valence-electron chi connectivity index (χ3n) is 4.80. The smallest absolute Gasteiger partial charge is 0.287 e. The molecule has 0 aliphatic heterocycles. The van der Waals surface area contributed by atoms with Crippen LogP contribution in [0, 0.1) is 0 Å². The average molecular weight is 521 g/mol. The molecule has 7 nitrogen and oxygen atoms in total. The minimum Gasteiger partial charge on any atom is -0.496 e. The van der Waals surface area contributed by atoms with Crippen molar-refractivity contribution in [1.82, 2.24) is 10.7 Å². The molecular weight excluding hydrogens is 496 g/mol. The molecule has 0 aromatic heterocycles. The number of rotatable bonds is 8. The number of anilines is 1. The zero-order valence-corrected chi connectivity index (χ0v) is 20.7. The Morgan fingerprint density at radius 3 is 2.26 bits per heavy atom. The van der Waals surface area contributed by atoms with Gasteiger partial charge in [-0.05, 0) is 75.6 Å². The number of hydrogen-bond acceptors (Lipinski definition) is 5. The first-order valence-electron chi connectivity index (χ1n) is 10.4. The van der Waals surface area contributed by atoms with Crippen LogP contribution in [0.15, 0.2) is 88.1 Å². The molecular formula is C26H25BrN4O3. The van der Waals surface area contributed by atoms with E-state index in [0.717, 1.165) is 21.3 Å². The van der Waals surface area contributed by atoms with Crippen LogP contribution in [0.3, 0.4) is 0 Å². The lowest BCUT2D eigenvalue weighted by atomic mass is 10.1. The summed E-state index contributed by atoms with van der Waals surface area (Å²) in [6, 6.07) is 21.7. The first kappa shape index (κ1) is 24.7. The molecule has 0 atom stereocenters. The third-order valence-corrected chi connectivity index (χ3v) is 5.42. The van der Waals surface area contributed by atoms with Gasteiger partial charge >= 0.3 is 0 Å². The first-order chi connectivity index (χ1) is 16.4. The summed E-state index contributed by atoms with van der Waals surface area (Å²) in [4.78, 5) is 27.6. The fraction of sp³-hybridized carbons (Fsp3) is 0.115. The highest BCUT2D eigenvalue weighted by atomic mass is 79.9. The summed E-state index contributed by atoms with van der Waals surface area (Å²) in [7, 11) is 5.48. The summed E-state index contributed by atoms with van der Waals surface area (Å²) in [5, 5.41) is 6.73. The van der Waals surface area contributed by atoms with Crippen molar-refractivity contribution < 1.29 is 14.3 Å². The maximum Gasteiger partial charge on any atom is 0.287 e. The van der Waals surface area contributed by atoms with E-state index in [-0.39, 0.29) is 5.70 Å². The van der Waals surface area contributed by atoms with Gasteiger partial charge in [0.25, 0.3) is 11.8 Å². The molecule has 3 aromatic carbocycles. The molecule has 0 heterocycles. The molecule has 0 aliphatic carbocycles. The van der Waals surface area contributed by atoms with Gasteiger partial charge in [0.05, 0.1) is 17.8 Å². The van der Waals surface area contributed by atoms with Crippen LogP contribution < -0.4 is 20.4 Å². The van der Waals surface area contributed by atoms with Crippen molar-refractivity contribution in [3.05, 3.63) is 99.7 Å². The van der Waals surface area contributed by atoms with Crippen LogP contribution >= 0.6 is 15.9 Å². The normalized spacial score (nSPS) is 11.2. The third kappa shape index (κ3) is 6.79. The summed E-state index contributed by atoms with van der Waals surface area (Å²) >= 11 is 3.42. The second kappa shape index (κ2) is 11.8. The molecule has 0 saturated heterocycles. The highest BCUT2D eigenvalue weighted by Gasteiger charge is 2.14. The number of nitrogens with zero attached hydrogens (tertiary/aromatic N) is 2. The molecule has 2 amide bonds. The number of nitrogens with one attached hydrogen (secondary N) is 2.